The van der Waals surface area contributed by atoms with Crippen LogP contribution in [-0.4, -0.2) is 12.6 Å². The van der Waals surface area contributed by atoms with Gasteiger partial charge in [0.05, 0.1) is 0 Å². The number of hydrogen-bond acceptors (Lipinski definition) is 1. The molecule has 0 amide bonds. The number of rotatable bonds is 5. The first kappa shape index (κ1) is 13.0. The van der Waals surface area contributed by atoms with E-state index >= 15 is 0 Å². The molecule has 2 unspecified atom stereocenters. The van der Waals surface area contributed by atoms with E-state index in [-0.39, 0.29) is 0 Å². The highest BCUT2D eigenvalue weighted by molar-refractivity contribution is 4.87. The predicted molar refractivity (Wildman–Crippen MR) is 77.7 cm³/mol. The van der Waals surface area contributed by atoms with Crippen molar-refractivity contribution in [2.24, 2.45) is 17.8 Å². The maximum atomic E-state index is 3.94. The van der Waals surface area contributed by atoms with Crippen LogP contribution in [0.2, 0.25) is 0 Å². The van der Waals surface area contributed by atoms with Crippen molar-refractivity contribution in [1.29, 1.82) is 0 Å². The van der Waals surface area contributed by atoms with Crippen molar-refractivity contribution in [1.82, 2.24) is 5.32 Å². The average Bonchev–Trinajstić information content (AvgIpc) is 3.25. The molecule has 0 aromatic carbocycles. The Kier molecular flexibility index (Phi) is 4.62. The van der Waals surface area contributed by atoms with Crippen LogP contribution in [-0.2, 0) is 0 Å². The molecule has 0 saturated heterocycles. The minimum absolute atomic E-state index is 0.876. The first-order chi connectivity index (χ1) is 8.93. The number of nitrogens with one attached hydrogen (secondary N) is 1. The van der Waals surface area contributed by atoms with Crippen LogP contribution in [0.25, 0.3) is 0 Å². The van der Waals surface area contributed by atoms with E-state index in [2.05, 4.69) is 5.32 Å². The summed E-state index contributed by atoms with van der Waals surface area (Å²) in [4.78, 5) is 0. The van der Waals surface area contributed by atoms with Gasteiger partial charge in [0.15, 0.2) is 0 Å². The fourth-order valence-electron chi connectivity index (χ4n) is 4.42. The topological polar surface area (TPSA) is 12.0 Å². The van der Waals surface area contributed by atoms with E-state index in [1.807, 2.05) is 0 Å². The molecule has 0 radical (unpaired) electrons. The molecule has 0 bridgehead atoms. The summed E-state index contributed by atoms with van der Waals surface area (Å²) in [5.74, 6) is 3.19. The lowest BCUT2D eigenvalue weighted by molar-refractivity contribution is 0.150. The third-order valence-corrected chi connectivity index (χ3v) is 5.73. The summed E-state index contributed by atoms with van der Waals surface area (Å²) in [5, 5.41) is 3.94. The van der Waals surface area contributed by atoms with E-state index in [9.17, 15) is 0 Å². The van der Waals surface area contributed by atoms with Crippen LogP contribution in [0.1, 0.15) is 77.0 Å². The third kappa shape index (κ3) is 3.50. The molecular weight excluding hydrogens is 218 g/mol. The van der Waals surface area contributed by atoms with Crippen LogP contribution >= 0.6 is 0 Å². The van der Waals surface area contributed by atoms with E-state index in [0.29, 0.717) is 0 Å². The van der Waals surface area contributed by atoms with Crippen LogP contribution in [0, 0.1) is 17.8 Å². The Bertz CT molecular complexity index is 240. The zero-order chi connectivity index (χ0) is 12.2. The fraction of sp³-hybridized carbons (Fsp3) is 1.00. The molecule has 18 heavy (non-hydrogen) atoms. The Hall–Kier alpha value is -0.0400. The quantitative estimate of drug-likeness (QED) is 0.755. The summed E-state index contributed by atoms with van der Waals surface area (Å²) >= 11 is 0. The molecule has 0 aliphatic heterocycles. The Balaban J connectivity index is 1.47. The first-order valence-electron chi connectivity index (χ1n) is 8.67. The second kappa shape index (κ2) is 6.41. The zero-order valence-electron chi connectivity index (χ0n) is 12.0. The molecule has 3 fully saturated rings. The number of hydrogen-bond donors (Lipinski definition) is 1. The lowest BCUT2D eigenvalue weighted by Gasteiger charge is -2.39. The van der Waals surface area contributed by atoms with Crippen molar-refractivity contribution in [2.75, 3.05) is 6.54 Å². The van der Waals surface area contributed by atoms with Crippen LogP contribution in [0.5, 0.6) is 0 Å². The van der Waals surface area contributed by atoms with Gasteiger partial charge in [0.1, 0.15) is 0 Å². The lowest BCUT2D eigenvalue weighted by atomic mass is 9.71. The summed E-state index contributed by atoms with van der Waals surface area (Å²) < 4.78 is 0. The largest absolute Gasteiger partial charge is 0.314 e. The van der Waals surface area contributed by atoms with Crippen LogP contribution < -0.4 is 5.32 Å². The van der Waals surface area contributed by atoms with E-state index in [0.717, 1.165) is 23.8 Å². The lowest BCUT2D eigenvalue weighted by Crippen LogP contribution is -2.42. The van der Waals surface area contributed by atoms with Gasteiger partial charge in [-0.25, -0.2) is 0 Å². The van der Waals surface area contributed by atoms with Crippen molar-refractivity contribution in [3.63, 3.8) is 0 Å². The van der Waals surface area contributed by atoms with Gasteiger partial charge in [0.25, 0.3) is 0 Å². The van der Waals surface area contributed by atoms with Crippen LogP contribution in [0.15, 0.2) is 0 Å². The van der Waals surface area contributed by atoms with E-state index < -0.39 is 0 Å². The molecule has 1 nitrogen and oxygen atoms in total. The van der Waals surface area contributed by atoms with Crippen molar-refractivity contribution in [3.8, 4) is 0 Å². The molecular formula is C17H31N. The highest BCUT2D eigenvalue weighted by atomic mass is 14.9. The maximum Gasteiger partial charge on any atom is 0.00979 e. The third-order valence-electron chi connectivity index (χ3n) is 5.73. The zero-order valence-corrected chi connectivity index (χ0v) is 12.0. The summed E-state index contributed by atoms with van der Waals surface area (Å²) in [6, 6.07) is 0.876. The summed E-state index contributed by atoms with van der Waals surface area (Å²) in [6.45, 7) is 1.30. The van der Waals surface area contributed by atoms with Gasteiger partial charge in [-0.15, -0.1) is 0 Å². The van der Waals surface area contributed by atoms with Crippen molar-refractivity contribution in [3.05, 3.63) is 0 Å². The molecule has 0 aromatic heterocycles. The minimum atomic E-state index is 0.876. The average molecular weight is 249 g/mol. The van der Waals surface area contributed by atoms with E-state index in [4.69, 9.17) is 0 Å². The van der Waals surface area contributed by atoms with Crippen molar-refractivity contribution < 1.29 is 0 Å². The second-order valence-corrected chi connectivity index (χ2v) is 7.14. The van der Waals surface area contributed by atoms with Gasteiger partial charge < -0.3 is 5.32 Å². The molecule has 0 aromatic rings. The molecule has 2 atom stereocenters. The first-order valence-corrected chi connectivity index (χ1v) is 8.67. The molecule has 1 heteroatoms. The Morgan fingerprint density at radius 1 is 0.722 bits per heavy atom. The molecule has 1 N–H and O–H groups in total. The molecule has 3 aliphatic carbocycles. The van der Waals surface area contributed by atoms with Gasteiger partial charge in [-0.1, -0.05) is 57.8 Å². The van der Waals surface area contributed by atoms with Crippen molar-refractivity contribution in [2.45, 2.75) is 83.1 Å². The SMILES string of the molecule is C1CCC(C2CCCCC2NCCC2CC2)CC1. The van der Waals surface area contributed by atoms with Gasteiger partial charge in [0, 0.05) is 6.04 Å². The Labute approximate surface area is 113 Å². The second-order valence-electron chi connectivity index (χ2n) is 7.14. The van der Waals surface area contributed by atoms with Crippen LogP contribution in [0.3, 0.4) is 0 Å². The maximum absolute atomic E-state index is 3.94. The molecule has 0 spiro atoms. The molecule has 3 saturated carbocycles. The normalized spacial score (nSPS) is 34.7. The van der Waals surface area contributed by atoms with Gasteiger partial charge in [-0.05, 0) is 43.6 Å². The molecule has 3 rings (SSSR count). The van der Waals surface area contributed by atoms with Gasteiger partial charge in [0.2, 0.25) is 0 Å². The van der Waals surface area contributed by atoms with Crippen molar-refractivity contribution >= 4 is 0 Å². The molecule has 0 heterocycles. The fourth-order valence-corrected chi connectivity index (χ4v) is 4.42. The summed E-state index contributed by atoms with van der Waals surface area (Å²) in [5.41, 5.74) is 0. The molecule has 3 aliphatic rings. The van der Waals surface area contributed by atoms with Gasteiger partial charge in [-0.2, -0.15) is 0 Å². The Morgan fingerprint density at radius 2 is 1.44 bits per heavy atom. The van der Waals surface area contributed by atoms with Gasteiger partial charge in [-0.3, -0.25) is 0 Å². The minimum Gasteiger partial charge on any atom is -0.314 e. The van der Waals surface area contributed by atoms with E-state index in [1.54, 1.807) is 0 Å². The smallest absolute Gasteiger partial charge is 0.00979 e. The summed E-state index contributed by atoms with van der Waals surface area (Å²) in [6.07, 6.45) is 18.0. The Morgan fingerprint density at radius 3 is 2.22 bits per heavy atom. The van der Waals surface area contributed by atoms with E-state index in [1.165, 1.54) is 83.6 Å². The van der Waals surface area contributed by atoms with Gasteiger partial charge >= 0.3 is 0 Å². The van der Waals surface area contributed by atoms with Crippen LogP contribution in [0.4, 0.5) is 0 Å². The molecule has 104 valence electrons. The standard InChI is InChI=1S/C17H31N/c1-2-6-15(7-3-1)16-8-4-5-9-17(16)18-13-12-14-10-11-14/h14-18H,1-13H2. The highest BCUT2D eigenvalue weighted by Crippen LogP contribution is 2.38. The monoisotopic (exact) mass is 249 g/mol. The predicted octanol–water partition coefficient (Wildman–Crippen LogP) is 4.52. The summed E-state index contributed by atoms with van der Waals surface area (Å²) in [7, 11) is 0. The highest BCUT2D eigenvalue weighted by Gasteiger charge is 2.32.